The molecular weight excluding hydrogens is 282 g/mol. The molecule has 1 rings (SSSR count). The van der Waals surface area contributed by atoms with Crippen molar-refractivity contribution in [3.8, 4) is 0 Å². The molecule has 0 aromatic carbocycles. The molecule has 1 aliphatic heterocycles. The Kier molecular flexibility index (Phi) is 12.2. The summed E-state index contributed by atoms with van der Waals surface area (Å²) in [4.78, 5) is 6.83. The van der Waals surface area contributed by atoms with Crippen molar-refractivity contribution < 1.29 is 0 Å². The molecule has 2 unspecified atom stereocenters. The first-order chi connectivity index (χ1) is 11.3. The summed E-state index contributed by atoms with van der Waals surface area (Å²) in [5.74, 6) is 0. The highest BCUT2D eigenvalue weighted by Gasteiger charge is 2.22. The number of allylic oxidation sites excluding steroid dienone is 2. The molecule has 1 heterocycles. The van der Waals surface area contributed by atoms with Gasteiger partial charge in [0, 0.05) is 12.8 Å². The first-order valence-electron chi connectivity index (χ1n) is 9.93. The molecule has 0 aliphatic carbocycles. The van der Waals surface area contributed by atoms with Crippen molar-refractivity contribution in [3.05, 3.63) is 12.2 Å². The highest BCUT2D eigenvalue weighted by molar-refractivity contribution is 5.62. The van der Waals surface area contributed by atoms with Crippen molar-refractivity contribution in [1.82, 2.24) is 4.90 Å². The number of nitrogens with zero attached hydrogens (tertiary/aromatic N) is 2. The largest absolute Gasteiger partial charge is 0.316 e. The van der Waals surface area contributed by atoms with Gasteiger partial charge >= 0.3 is 0 Å². The van der Waals surface area contributed by atoms with Crippen molar-refractivity contribution in [1.29, 1.82) is 0 Å². The Morgan fingerprint density at radius 2 is 1.65 bits per heavy atom. The SMILES string of the molecule is CCCC/C=C/CCCCCCCCCC1N=CCN1C(C)N. The summed E-state index contributed by atoms with van der Waals surface area (Å²) in [6.45, 7) is 5.24. The van der Waals surface area contributed by atoms with Crippen molar-refractivity contribution in [3.63, 3.8) is 0 Å². The summed E-state index contributed by atoms with van der Waals surface area (Å²) >= 11 is 0. The topological polar surface area (TPSA) is 41.6 Å². The van der Waals surface area contributed by atoms with E-state index in [4.69, 9.17) is 5.73 Å². The number of unbranched alkanes of at least 4 members (excludes halogenated alkanes) is 9. The lowest BCUT2D eigenvalue weighted by atomic mass is 10.1. The molecule has 0 bridgehead atoms. The van der Waals surface area contributed by atoms with E-state index in [0.717, 1.165) is 6.54 Å². The van der Waals surface area contributed by atoms with E-state index in [1.54, 1.807) is 0 Å². The van der Waals surface area contributed by atoms with Crippen LogP contribution in [0.5, 0.6) is 0 Å². The van der Waals surface area contributed by atoms with Gasteiger partial charge in [0.1, 0.15) is 6.17 Å². The smallest absolute Gasteiger partial charge is 0.103 e. The van der Waals surface area contributed by atoms with Crippen LogP contribution in [0.1, 0.15) is 90.9 Å². The summed E-state index contributed by atoms with van der Waals surface area (Å²) in [7, 11) is 0. The van der Waals surface area contributed by atoms with E-state index in [2.05, 4.69) is 35.9 Å². The average Bonchev–Trinajstić information content (AvgIpc) is 3.00. The molecule has 0 aromatic rings. The Morgan fingerprint density at radius 3 is 2.30 bits per heavy atom. The predicted molar refractivity (Wildman–Crippen MR) is 103 cm³/mol. The van der Waals surface area contributed by atoms with Crippen LogP contribution in [-0.2, 0) is 0 Å². The number of hydrogen-bond donors (Lipinski definition) is 1. The minimum Gasteiger partial charge on any atom is -0.316 e. The molecule has 3 heteroatoms. The highest BCUT2D eigenvalue weighted by atomic mass is 15.3. The number of nitrogens with two attached hydrogens (primary N) is 1. The maximum atomic E-state index is 5.97. The van der Waals surface area contributed by atoms with E-state index >= 15 is 0 Å². The third-order valence-electron chi connectivity index (χ3n) is 4.70. The summed E-state index contributed by atoms with van der Waals surface area (Å²) in [5.41, 5.74) is 5.97. The van der Waals surface area contributed by atoms with Gasteiger partial charge in [-0.1, -0.05) is 64.0 Å². The lowest BCUT2D eigenvalue weighted by molar-refractivity contribution is 0.182. The Bertz CT molecular complexity index is 323. The Hall–Kier alpha value is -0.670. The monoisotopic (exact) mass is 321 g/mol. The van der Waals surface area contributed by atoms with E-state index in [-0.39, 0.29) is 6.17 Å². The molecule has 23 heavy (non-hydrogen) atoms. The quantitative estimate of drug-likeness (QED) is 0.350. The maximum Gasteiger partial charge on any atom is 0.103 e. The van der Waals surface area contributed by atoms with Gasteiger partial charge in [0.05, 0.1) is 6.17 Å². The number of rotatable bonds is 14. The fourth-order valence-electron chi connectivity index (χ4n) is 3.18. The molecule has 1 aliphatic rings. The van der Waals surface area contributed by atoms with Crippen LogP contribution in [0.15, 0.2) is 17.1 Å². The van der Waals surface area contributed by atoms with E-state index in [1.807, 2.05) is 6.21 Å². The minimum absolute atomic E-state index is 0.124. The average molecular weight is 322 g/mol. The van der Waals surface area contributed by atoms with Crippen LogP contribution in [0.3, 0.4) is 0 Å². The van der Waals surface area contributed by atoms with Crippen LogP contribution < -0.4 is 5.73 Å². The van der Waals surface area contributed by atoms with E-state index in [0.29, 0.717) is 6.17 Å². The van der Waals surface area contributed by atoms with Crippen molar-refractivity contribution >= 4 is 6.21 Å². The zero-order valence-electron chi connectivity index (χ0n) is 15.6. The molecule has 0 saturated carbocycles. The van der Waals surface area contributed by atoms with Crippen molar-refractivity contribution in [2.45, 2.75) is 103 Å². The zero-order valence-corrected chi connectivity index (χ0v) is 15.6. The van der Waals surface area contributed by atoms with Crippen LogP contribution in [0, 0.1) is 0 Å². The van der Waals surface area contributed by atoms with E-state index in [1.165, 1.54) is 77.0 Å². The van der Waals surface area contributed by atoms with Gasteiger partial charge in [-0.25, -0.2) is 0 Å². The molecular formula is C20H39N3. The van der Waals surface area contributed by atoms with Crippen molar-refractivity contribution in [2.24, 2.45) is 10.7 Å². The fraction of sp³-hybridized carbons (Fsp3) is 0.850. The van der Waals surface area contributed by atoms with Gasteiger partial charge in [-0.2, -0.15) is 0 Å². The van der Waals surface area contributed by atoms with E-state index in [9.17, 15) is 0 Å². The molecule has 0 saturated heterocycles. The van der Waals surface area contributed by atoms with Gasteiger partial charge in [0.25, 0.3) is 0 Å². The van der Waals surface area contributed by atoms with Gasteiger partial charge in [-0.15, -0.1) is 0 Å². The lowest BCUT2D eigenvalue weighted by Gasteiger charge is -2.26. The molecule has 3 nitrogen and oxygen atoms in total. The second-order valence-corrected chi connectivity index (χ2v) is 6.92. The number of aliphatic imine (C=N–C) groups is 1. The van der Waals surface area contributed by atoms with Crippen molar-refractivity contribution in [2.75, 3.05) is 6.54 Å². The van der Waals surface area contributed by atoms with Gasteiger partial charge in [-0.05, 0) is 39.0 Å². The van der Waals surface area contributed by atoms with Gasteiger partial charge in [-0.3, -0.25) is 9.89 Å². The van der Waals surface area contributed by atoms with Crippen LogP contribution in [0.4, 0.5) is 0 Å². The Morgan fingerprint density at radius 1 is 1.04 bits per heavy atom. The predicted octanol–water partition coefficient (Wildman–Crippen LogP) is 5.26. The molecule has 134 valence electrons. The molecule has 0 spiro atoms. The molecule has 2 N–H and O–H groups in total. The number of hydrogen-bond acceptors (Lipinski definition) is 3. The van der Waals surface area contributed by atoms with Gasteiger partial charge in [0.2, 0.25) is 0 Å². The third-order valence-corrected chi connectivity index (χ3v) is 4.70. The molecule has 0 radical (unpaired) electrons. The third kappa shape index (κ3) is 9.93. The van der Waals surface area contributed by atoms with Gasteiger partial charge in [0.15, 0.2) is 0 Å². The maximum absolute atomic E-state index is 5.97. The lowest BCUT2D eigenvalue weighted by Crippen LogP contribution is -2.43. The second-order valence-electron chi connectivity index (χ2n) is 6.92. The molecule has 0 fully saturated rings. The normalized spacial score (nSPS) is 19.9. The fourth-order valence-corrected chi connectivity index (χ4v) is 3.18. The second kappa shape index (κ2) is 13.7. The summed E-state index contributed by atoms with van der Waals surface area (Å²) < 4.78 is 0. The van der Waals surface area contributed by atoms with Crippen LogP contribution in [0.25, 0.3) is 0 Å². The summed E-state index contributed by atoms with van der Waals surface area (Å²) in [6, 6.07) is 0. The summed E-state index contributed by atoms with van der Waals surface area (Å²) in [6.07, 6.45) is 23.1. The van der Waals surface area contributed by atoms with E-state index < -0.39 is 0 Å². The zero-order chi connectivity index (χ0) is 16.8. The minimum atomic E-state index is 0.124. The summed E-state index contributed by atoms with van der Waals surface area (Å²) in [5, 5.41) is 0. The van der Waals surface area contributed by atoms with Crippen LogP contribution in [0.2, 0.25) is 0 Å². The first-order valence-corrected chi connectivity index (χ1v) is 9.93. The Labute approximate surface area is 144 Å². The van der Waals surface area contributed by atoms with Crippen LogP contribution >= 0.6 is 0 Å². The molecule has 0 aromatic heterocycles. The highest BCUT2D eigenvalue weighted by Crippen LogP contribution is 2.17. The van der Waals surface area contributed by atoms with Gasteiger partial charge < -0.3 is 5.73 Å². The van der Waals surface area contributed by atoms with Crippen LogP contribution in [-0.4, -0.2) is 30.0 Å². The Balaban J connectivity index is 1.85. The standard InChI is InChI=1S/C20H39N3/c1-3-4-5-6-7-8-9-10-11-12-13-14-15-16-20-22-17-18-23(20)19(2)21/h6-7,17,19-20H,3-5,8-16,18,21H2,1-2H3/b7-6+. The molecule has 2 atom stereocenters. The molecule has 0 amide bonds. The first kappa shape index (κ1) is 20.4.